The van der Waals surface area contributed by atoms with Crippen LogP contribution in [-0.2, 0) is 11.3 Å². The third-order valence-corrected chi connectivity index (χ3v) is 4.37. The number of nitrogens with one attached hydrogen (secondary N) is 2. The molecule has 2 N–H and O–H groups in total. The Kier molecular flexibility index (Phi) is 6.11. The summed E-state index contributed by atoms with van der Waals surface area (Å²) in [5, 5.41) is 10.6. The number of aromatic amines is 1. The molecule has 138 valence electrons. The van der Waals surface area contributed by atoms with Crippen LogP contribution in [0.3, 0.4) is 0 Å². The quantitative estimate of drug-likeness (QED) is 0.607. The van der Waals surface area contributed by atoms with E-state index in [9.17, 15) is 4.79 Å². The van der Waals surface area contributed by atoms with Gasteiger partial charge in [-0.1, -0.05) is 29.3 Å². The average Bonchev–Trinajstić information content (AvgIpc) is 3.15. The van der Waals surface area contributed by atoms with Crippen LogP contribution in [0.1, 0.15) is 11.4 Å². The molecule has 3 rings (SSSR count). The van der Waals surface area contributed by atoms with Crippen LogP contribution in [0.4, 0.5) is 0 Å². The predicted molar refractivity (Wildman–Crippen MR) is 106 cm³/mol. The van der Waals surface area contributed by atoms with Gasteiger partial charge < -0.3 is 10.1 Å². The van der Waals surface area contributed by atoms with Crippen LogP contribution < -0.4 is 10.1 Å². The lowest BCUT2D eigenvalue weighted by atomic mass is 10.2. The summed E-state index contributed by atoms with van der Waals surface area (Å²) in [6.07, 6.45) is 2.94. The summed E-state index contributed by atoms with van der Waals surface area (Å²) in [5.74, 6) is 1.54. The first-order valence-electron chi connectivity index (χ1n) is 8.02. The second kappa shape index (κ2) is 8.70. The molecule has 0 aliphatic carbocycles. The van der Waals surface area contributed by atoms with Crippen LogP contribution in [0.15, 0.2) is 48.5 Å². The van der Waals surface area contributed by atoms with Gasteiger partial charge in [0.2, 0.25) is 5.91 Å². The van der Waals surface area contributed by atoms with Crippen molar-refractivity contribution in [1.29, 1.82) is 0 Å². The highest BCUT2D eigenvalue weighted by Gasteiger charge is 2.07. The fourth-order valence-electron chi connectivity index (χ4n) is 2.30. The van der Waals surface area contributed by atoms with Crippen LogP contribution in [-0.4, -0.2) is 28.2 Å². The van der Waals surface area contributed by atoms with Crippen LogP contribution >= 0.6 is 23.2 Å². The van der Waals surface area contributed by atoms with E-state index in [0.717, 1.165) is 11.3 Å². The SMILES string of the molecule is COc1ccc(-c2n[nH]c(CNC(=O)/C=C/c3c(Cl)cccc3Cl)n2)cc1. The van der Waals surface area contributed by atoms with Gasteiger partial charge in [0.05, 0.1) is 13.7 Å². The number of rotatable bonds is 6. The summed E-state index contributed by atoms with van der Waals surface area (Å²) in [6, 6.07) is 12.5. The highest BCUT2D eigenvalue weighted by atomic mass is 35.5. The molecule has 0 bridgehead atoms. The predicted octanol–water partition coefficient (Wildman–Crippen LogP) is 4.12. The van der Waals surface area contributed by atoms with Crippen molar-refractivity contribution in [2.45, 2.75) is 6.54 Å². The van der Waals surface area contributed by atoms with Gasteiger partial charge in [0.1, 0.15) is 11.6 Å². The monoisotopic (exact) mass is 402 g/mol. The molecule has 0 saturated heterocycles. The molecule has 8 heteroatoms. The van der Waals surface area contributed by atoms with Gasteiger partial charge in [-0.2, -0.15) is 5.10 Å². The summed E-state index contributed by atoms with van der Waals surface area (Å²) >= 11 is 12.1. The second-order valence-electron chi connectivity index (χ2n) is 5.52. The van der Waals surface area contributed by atoms with E-state index in [4.69, 9.17) is 27.9 Å². The van der Waals surface area contributed by atoms with Crippen LogP contribution in [0.5, 0.6) is 5.75 Å². The zero-order valence-electron chi connectivity index (χ0n) is 14.4. The summed E-state index contributed by atoms with van der Waals surface area (Å²) in [5.41, 5.74) is 1.44. The van der Waals surface area contributed by atoms with Crippen LogP contribution in [0.2, 0.25) is 10.0 Å². The molecule has 0 unspecified atom stereocenters. The van der Waals surface area contributed by atoms with E-state index < -0.39 is 0 Å². The molecule has 0 aliphatic rings. The van der Waals surface area contributed by atoms with Gasteiger partial charge in [0, 0.05) is 27.2 Å². The molecule has 3 aromatic rings. The minimum atomic E-state index is -0.298. The number of benzene rings is 2. The van der Waals surface area contributed by atoms with Crippen molar-refractivity contribution in [2.75, 3.05) is 7.11 Å². The van der Waals surface area contributed by atoms with E-state index in [-0.39, 0.29) is 12.5 Å². The van der Waals surface area contributed by atoms with Crippen LogP contribution in [0, 0.1) is 0 Å². The number of hydrogen-bond donors (Lipinski definition) is 2. The number of hydrogen-bond acceptors (Lipinski definition) is 4. The first kappa shape index (κ1) is 18.9. The maximum absolute atomic E-state index is 12.0. The van der Waals surface area contributed by atoms with Gasteiger partial charge in [-0.25, -0.2) is 4.98 Å². The number of ether oxygens (including phenoxy) is 1. The Labute approximate surface area is 166 Å². The fourth-order valence-corrected chi connectivity index (χ4v) is 2.83. The second-order valence-corrected chi connectivity index (χ2v) is 6.34. The van der Waals surface area contributed by atoms with E-state index in [1.54, 1.807) is 31.4 Å². The van der Waals surface area contributed by atoms with Gasteiger partial charge in [-0.15, -0.1) is 0 Å². The van der Waals surface area contributed by atoms with Crippen molar-refractivity contribution in [1.82, 2.24) is 20.5 Å². The number of H-pyrrole nitrogens is 1. The van der Waals surface area contributed by atoms with E-state index in [1.807, 2.05) is 24.3 Å². The molecule has 0 saturated carbocycles. The molecule has 1 aromatic heterocycles. The first-order chi connectivity index (χ1) is 13.1. The molecule has 0 fully saturated rings. The lowest BCUT2D eigenvalue weighted by molar-refractivity contribution is -0.116. The molecule has 6 nitrogen and oxygen atoms in total. The Morgan fingerprint density at radius 3 is 2.56 bits per heavy atom. The van der Waals surface area contributed by atoms with Crippen molar-refractivity contribution in [3.8, 4) is 17.1 Å². The van der Waals surface area contributed by atoms with Crippen molar-refractivity contribution >= 4 is 35.2 Å². The molecule has 0 aliphatic heterocycles. The zero-order chi connectivity index (χ0) is 19.2. The minimum Gasteiger partial charge on any atom is -0.497 e. The molecular formula is C19H16Cl2N4O2. The van der Waals surface area contributed by atoms with Gasteiger partial charge >= 0.3 is 0 Å². The standard InChI is InChI=1S/C19H16Cl2N4O2/c1-27-13-7-5-12(6-8-13)19-23-17(24-25-19)11-22-18(26)10-9-14-15(20)3-2-4-16(14)21/h2-10H,11H2,1H3,(H,22,26)(H,23,24,25)/b10-9+. The van der Waals surface area contributed by atoms with Crippen molar-refractivity contribution in [3.63, 3.8) is 0 Å². The van der Waals surface area contributed by atoms with Gasteiger partial charge in [-0.05, 0) is 42.5 Å². The normalized spacial score (nSPS) is 10.9. The molecule has 1 amide bonds. The summed E-state index contributed by atoms with van der Waals surface area (Å²) < 4.78 is 5.13. The van der Waals surface area contributed by atoms with Crippen molar-refractivity contribution in [2.24, 2.45) is 0 Å². The zero-order valence-corrected chi connectivity index (χ0v) is 15.9. The number of nitrogens with zero attached hydrogens (tertiary/aromatic N) is 2. The lowest BCUT2D eigenvalue weighted by Crippen LogP contribution is -2.21. The van der Waals surface area contributed by atoms with E-state index in [0.29, 0.717) is 27.3 Å². The maximum Gasteiger partial charge on any atom is 0.244 e. The van der Waals surface area contributed by atoms with E-state index >= 15 is 0 Å². The number of halogens is 2. The Morgan fingerprint density at radius 1 is 1.19 bits per heavy atom. The lowest BCUT2D eigenvalue weighted by Gasteiger charge is -2.01. The van der Waals surface area contributed by atoms with Crippen molar-refractivity contribution in [3.05, 3.63) is 70.0 Å². The third-order valence-electron chi connectivity index (χ3n) is 3.71. The molecule has 27 heavy (non-hydrogen) atoms. The molecule has 0 atom stereocenters. The van der Waals surface area contributed by atoms with E-state index in [2.05, 4.69) is 20.5 Å². The number of aromatic nitrogens is 3. The molecular weight excluding hydrogens is 387 g/mol. The number of carbonyl (C=O) groups excluding carboxylic acids is 1. The summed E-state index contributed by atoms with van der Waals surface area (Å²) in [4.78, 5) is 16.4. The van der Waals surface area contributed by atoms with Crippen LogP contribution in [0.25, 0.3) is 17.5 Å². The highest BCUT2D eigenvalue weighted by Crippen LogP contribution is 2.25. The average molecular weight is 403 g/mol. The Morgan fingerprint density at radius 2 is 1.89 bits per heavy atom. The van der Waals surface area contributed by atoms with Gasteiger partial charge in [0.25, 0.3) is 0 Å². The Hall–Kier alpha value is -2.83. The molecule has 0 spiro atoms. The molecule has 2 aromatic carbocycles. The Balaban J connectivity index is 1.59. The van der Waals surface area contributed by atoms with Gasteiger partial charge in [-0.3, -0.25) is 9.89 Å². The molecule has 1 heterocycles. The third kappa shape index (κ3) is 4.87. The maximum atomic E-state index is 12.0. The van der Waals surface area contributed by atoms with Crippen molar-refractivity contribution < 1.29 is 9.53 Å². The number of methoxy groups -OCH3 is 1. The minimum absolute atomic E-state index is 0.211. The Bertz CT molecular complexity index is 948. The number of carbonyl (C=O) groups is 1. The molecule has 0 radical (unpaired) electrons. The largest absolute Gasteiger partial charge is 0.497 e. The van der Waals surface area contributed by atoms with E-state index in [1.165, 1.54) is 6.08 Å². The topological polar surface area (TPSA) is 79.9 Å². The summed E-state index contributed by atoms with van der Waals surface area (Å²) in [7, 11) is 1.61. The first-order valence-corrected chi connectivity index (χ1v) is 8.78. The fraction of sp³-hybridized carbons (Fsp3) is 0.105. The highest BCUT2D eigenvalue weighted by molar-refractivity contribution is 6.37. The van der Waals surface area contributed by atoms with Gasteiger partial charge in [0.15, 0.2) is 5.82 Å². The smallest absolute Gasteiger partial charge is 0.244 e. The summed E-state index contributed by atoms with van der Waals surface area (Å²) in [6.45, 7) is 0.211. The number of amides is 1.